The number of nitrogens with one attached hydrogen (secondary N) is 3. The van der Waals surface area contributed by atoms with Crippen LogP contribution in [0.3, 0.4) is 0 Å². The van der Waals surface area contributed by atoms with Gasteiger partial charge in [-0.05, 0) is 78.9 Å². The maximum atomic E-state index is 13.7. The van der Waals surface area contributed by atoms with Gasteiger partial charge in [0, 0.05) is 12.6 Å². The minimum atomic E-state index is -1.32. The van der Waals surface area contributed by atoms with E-state index in [1.165, 1.54) is 12.3 Å². The van der Waals surface area contributed by atoms with Gasteiger partial charge in [-0.1, -0.05) is 25.3 Å². The van der Waals surface area contributed by atoms with E-state index in [0.29, 0.717) is 5.56 Å². The van der Waals surface area contributed by atoms with Crippen molar-refractivity contribution in [3.05, 3.63) is 29.6 Å². The Morgan fingerprint density at radius 3 is 2.26 bits per heavy atom. The van der Waals surface area contributed by atoms with Gasteiger partial charge in [-0.2, -0.15) is 0 Å². The van der Waals surface area contributed by atoms with Crippen LogP contribution in [0.4, 0.5) is 4.79 Å². The van der Waals surface area contributed by atoms with E-state index in [0.717, 1.165) is 38.3 Å². The van der Waals surface area contributed by atoms with E-state index in [1.54, 1.807) is 54.5 Å². The standard InChI is InChI=1S/C31H46N6O6/c1-19(32)25(40)30(21-11-9-8-10-12-21)18-31(30,35-17-24(39)42-28(2,3)4)37-23(38)15-20-13-14-22(34-16-20)26(33)36-27(41)43-29(5,6)7/h13-14,16-17,19,21H,8-12,15,18,32H2,1-7H3,(H,37,38)(H2,33,36,41)/t19?,30?,31-/m0/s1. The number of hydrogen-bond donors (Lipinski definition) is 4. The molecule has 2 unspecified atom stereocenters. The average molecular weight is 599 g/mol. The van der Waals surface area contributed by atoms with E-state index in [9.17, 15) is 19.2 Å². The van der Waals surface area contributed by atoms with Crippen LogP contribution in [0.25, 0.3) is 0 Å². The molecule has 3 atom stereocenters. The molecule has 2 aliphatic rings. The molecule has 2 fully saturated rings. The van der Waals surface area contributed by atoms with Crippen molar-refractivity contribution in [2.75, 3.05) is 0 Å². The first-order valence-electron chi connectivity index (χ1n) is 14.8. The molecule has 12 nitrogen and oxygen atoms in total. The van der Waals surface area contributed by atoms with Crippen LogP contribution in [0.5, 0.6) is 0 Å². The van der Waals surface area contributed by atoms with E-state index in [-0.39, 0.29) is 36.1 Å². The van der Waals surface area contributed by atoms with Crippen molar-refractivity contribution < 1.29 is 28.7 Å². The van der Waals surface area contributed by atoms with Gasteiger partial charge in [-0.3, -0.25) is 30.3 Å². The number of rotatable bonds is 9. The Balaban J connectivity index is 1.80. The van der Waals surface area contributed by atoms with Crippen LogP contribution in [-0.2, 0) is 30.3 Å². The summed E-state index contributed by atoms with van der Waals surface area (Å²) in [7, 11) is 0. The number of ether oxygens (including phenoxy) is 2. The summed E-state index contributed by atoms with van der Waals surface area (Å²) in [4.78, 5) is 60.4. The topological polar surface area (TPSA) is 186 Å². The van der Waals surface area contributed by atoms with Gasteiger partial charge in [0.2, 0.25) is 5.91 Å². The number of ketones is 1. The third-order valence-electron chi connectivity index (χ3n) is 7.52. The zero-order chi connectivity index (χ0) is 32.2. The lowest BCUT2D eigenvalue weighted by Crippen LogP contribution is -2.50. The normalized spacial score (nSPS) is 23.3. The second kappa shape index (κ2) is 12.9. The van der Waals surface area contributed by atoms with Crippen LogP contribution in [-0.4, -0.2) is 63.7 Å². The molecule has 0 saturated heterocycles. The van der Waals surface area contributed by atoms with Gasteiger partial charge >= 0.3 is 12.1 Å². The highest BCUT2D eigenvalue weighted by Gasteiger charge is 2.76. The van der Waals surface area contributed by atoms with Crippen molar-refractivity contribution in [2.24, 2.45) is 22.1 Å². The maximum Gasteiger partial charge on any atom is 0.413 e. The molecule has 0 aromatic carbocycles. The molecule has 2 aliphatic carbocycles. The summed E-state index contributed by atoms with van der Waals surface area (Å²) >= 11 is 0. The smallest absolute Gasteiger partial charge is 0.413 e. The van der Waals surface area contributed by atoms with Gasteiger partial charge in [0.1, 0.15) is 28.8 Å². The predicted molar refractivity (Wildman–Crippen MR) is 162 cm³/mol. The van der Waals surface area contributed by atoms with Crippen LogP contribution >= 0.6 is 0 Å². The molecule has 1 heterocycles. The van der Waals surface area contributed by atoms with Gasteiger partial charge < -0.3 is 20.5 Å². The second-order valence-corrected chi connectivity index (χ2v) is 13.6. The van der Waals surface area contributed by atoms with Crippen LogP contribution in [0, 0.1) is 16.7 Å². The van der Waals surface area contributed by atoms with Gasteiger partial charge in [-0.15, -0.1) is 0 Å². The monoisotopic (exact) mass is 598 g/mol. The average Bonchev–Trinajstić information content (AvgIpc) is 3.54. The van der Waals surface area contributed by atoms with Gasteiger partial charge in [-0.25, -0.2) is 9.59 Å². The molecule has 236 valence electrons. The van der Waals surface area contributed by atoms with Crippen LogP contribution < -0.4 is 16.4 Å². The number of nitrogens with two attached hydrogens (primary N) is 1. The maximum absolute atomic E-state index is 13.7. The number of aromatic nitrogens is 1. The quantitative estimate of drug-likeness (QED) is 0.189. The number of aliphatic imine (C=N–C) groups is 1. The SMILES string of the molecule is CC(N)C(=O)C1(C2CCCCC2)C[C@]1(N=CC(=O)OC(C)(C)C)NC(=O)Cc1ccc(C(=N)NC(=O)OC(C)(C)C)nc1. The van der Waals surface area contributed by atoms with Gasteiger partial charge in [0.25, 0.3) is 0 Å². The Morgan fingerprint density at radius 2 is 1.72 bits per heavy atom. The third kappa shape index (κ3) is 8.68. The number of Topliss-reactive ketones (excluding diaryl/α,β-unsaturated/α-hetero) is 1. The predicted octanol–water partition coefficient (Wildman–Crippen LogP) is 3.59. The summed E-state index contributed by atoms with van der Waals surface area (Å²) in [5.41, 5.74) is 3.07. The van der Waals surface area contributed by atoms with Crippen molar-refractivity contribution in [3.63, 3.8) is 0 Å². The molecule has 2 amide bonds. The highest BCUT2D eigenvalue weighted by atomic mass is 16.6. The van der Waals surface area contributed by atoms with Gasteiger partial charge in [0.05, 0.1) is 17.9 Å². The molecule has 0 radical (unpaired) electrons. The third-order valence-corrected chi connectivity index (χ3v) is 7.52. The molecule has 0 bridgehead atoms. The van der Waals surface area contributed by atoms with Crippen molar-refractivity contribution >= 4 is 35.8 Å². The molecule has 1 aromatic heterocycles. The Labute approximate surface area is 253 Å². The largest absolute Gasteiger partial charge is 0.456 e. The van der Waals surface area contributed by atoms with E-state index in [1.807, 2.05) is 0 Å². The van der Waals surface area contributed by atoms with Crippen LogP contribution in [0.15, 0.2) is 23.3 Å². The number of amidine groups is 1. The number of esters is 1. The number of carbonyl (C=O) groups is 4. The number of alkyl carbamates (subject to hydrolysis) is 1. The van der Waals surface area contributed by atoms with Crippen LogP contribution in [0.2, 0.25) is 0 Å². The van der Waals surface area contributed by atoms with Crippen molar-refractivity contribution in [3.8, 4) is 0 Å². The number of nitrogens with zero attached hydrogens (tertiary/aromatic N) is 2. The lowest BCUT2D eigenvalue weighted by molar-refractivity contribution is -0.145. The van der Waals surface area contributed by atoms with Gasteiger partial charge in [0.15, 0.2) is 11.6 Å². The fraction of sp³-hybridized carbons (Fsp3) is 0.645. The Morgan fingerprint density at radius 1 is 1.09 bits per heavy atom. The number of hydrogen-bond acceptors (Lipinski definition) is 10. The van der Waals surface area contributed by atoms with E-state index < -0.39 is 46.3 Å². The summed E-state index contributed by atoms with van der Waals surface area (Å²) in [6, 6.07) is 2.37. The molecule has 43 heavy (non-hydrogen) atoms. The fourth-order valence-corrected chi connectivity index (χ4v) is 5.78. The molecule has 3 rings (SSSR count). The minimum Gasteiger partial charge on any atom is -0.456 e. The zero-order valence-electron chi connectivity index (χ0n) is 26.3. The first-order valence-corrected chi connectivity index (χ1v) is 14.8. The van der Waals surface area contributed by atoms with Crippen LogP contribution in [0.1, 0.15) is 98.2 Å². The van der Waals surface area contributed by atoms with Crippen molar-refractivity contribution in [1.29, 1.82) is 5.41 Å². The molecule has 1 aromatic rings. The Bertz CT molecular complexity index is 1260. The molecule has 2 saturated carbocycles. The van der Waals surface area contributed by atoms with Crippen molar-refractivity contribution in [2.45, 2.75) is 116 Å². The highest BCUT2D eigenvalue weighted by molar-refractivity contribution is 6.23. The first-order chi connectivity index (χ1) is 19.9. The number of carbonyl (C=O) groups excluding carboxylic acids is 4. The van der Waals surface area contributed by atoms with Crippen molar-refractivity contribution in [1.82, 2.24) is 15.6 Å². The van der Waals surface area contributed by atoms with E-state index in [2.05, 4.69) is 20.6 Å². The summed E-state index contributed by atoms with van der Waals surface area (Å²) < 4.78 is 10.6. The molecular weight excluding hydrogens is 552 g/mol. The Hall–Kier alpha value is -3.67. The number of pyridine rings is 1. The first kappa shape index (κ1) is 33.8. The highest BCUT2D eigenvalue weighted by Crippen LogP contribution is 2.65. The second-order valence-electron chi connectivity index (χ2n) is 13.6. The van der Waals surface area contributed by atoms with E-state index >= 15 is 0 Å². The summed E-state index contributed by atoms with van der Waals surface area (Å²) in [5.74, 6) is -1.53. The minimum absolute atomic E-state index is 0.0275. The summed E-state index contributed by atoms with van der Waals surface area (Å²) in [6.07, 6.45) is 6.52. The molecule has 0 spiro atoms. The molecule has 12 heteroatoms. The molecule has 5 N–H and O–H groups in total. The summed E-state index contributed by atoms with van der Waals surface area (Å²) in [5, 5.41) is 13.4. The number of amides is 2. The molecular formula is C31H46N6O6. The zero-order valence-corrected chi connectivity index (χ0v) is 26.3. The lowest BCUT2D eigenvalue weighted by Gasteiger charge is -2.34. The molecule has 0 aliphatic heterocycles. The lowest BCUT2D eigenvalue weighted by atomic mass is 9.73. The fourth-order valence-electron chi connectivity index (χ4n) is 5.78. The summed E-state index contributed by atoms with van der Waals surface area (Å²) in [6.45, 7) is 12.0. The Kier molecular flexibility index (Phi) is 10.2. The van der Waals surface area contributed by atoms with E-state index in [4.69, 9.17) is 20.6 Å².